The largest absolute Gasteiger partial charge is 0.497 e. The molecule has 2 aromatic heterocycles. The van der Waals surface area contributed by atoms with Gasteiger partial charge in [0.15, 0.2) is 17.4 Å². The Morgan fingerprint density at radius 1 is 1.00 bits per heavy atom. The van der Waals surface area contributed by atoms with Gasteiger partial charge < -0.3 is 28.4 Å². The number of fused-ring (bicyclic) bond motifs is 2. The maximum absolute atomic E-state index is 15.3. The maximum atomic E-state index is 15.3. The molecule has 8 rings (SSSR count). The molecule has 352 valence electrons. The second-order valence-corrected chi connectivity index (χ2v) is 21.7. The van der Waals surface area contributed by atoms with Crippen molar-refractivity contribution in [2.24, 2.45) is 11.8 Å². The zero-order valence-corrected chi connectivity index (χ0v) is 40.0. The van der Waals surface area contributed by atoms with Crippen LogP contribution in [0.3, 0.4) is 0 Å². The molecule has 3 aromatic carbocycles. The molecule has 0 bridgehead atoms. The number of allylic oxidation sites excluding steroid dienone is 1. The minimum Gasteiger partial charge on any atom is -0.497 e. The number of amides is 1. The van der Waals surface area contributed by atoms with E-state index in [0.29, 0.717) is 17.9 Å². The highest BCUT2D eigenvalue weighted by molar-refractivity contribution is 8.56. The molecular formula is C48H58N5O11PS. The summed E-state index contributed by atoms with van der Waals surface area (Å²) in [7, 11) is 4.79. The topological polar surface area (TPSA) is 184 Å². The van der Waals surface area contributed by atoms with Crippen LogP contribution in [0.1, 0.15) is 69.9 Å². The number of methoxy groups -OCH3 is 3. The van der Waals surface area contributed by atoms with Gasteiger partial charge in [0.05, 0.1) is 51.2 Å². The zero-order valence-electron chi connectivity index (χ0n) is 38.3. The van der Waals surface area contributed by atoms with E-state index in [9.17, 15) is 9.59 Å². The van der Waals surface area contributed by atoms with Crippen molar-refractivity contribution in [1.82, 2.24) is 19.5 Å². The summed E-state index contributed by atoms with van der Waals surface area (Å²) in [6, 6.07) is 25.2. The highest BCUT2D eigenvalue weighted by Gasteiger charge is 2.59. The van der Waals surface area contributed by atoms with E-state index >= 15 is 4.57 Å². The van der Waals surface area contributed by atoms with E-state index in [0.717, 1.165) is 35.1 Å². The minimum atomic E-state index is -3.94. The van der Waals surface area contributed by atoms with Gasteiger partial charge in [-0.3, -0.25) is 33.5 Å². The van der Waals surface area contributed by atoms with Gasteiger partial charge in [-0.2, -0.15) is 4.98 Å². The summed E-state index contributed by atoms with van der Waals surface area (Å²) in [5.74, 6) is 0.758. The first-order valence-corrected chi connectivity index (χ1v) is 25.0. The molecule has 0 unspecified atom stereocenters. The van der Waals surface area contributed by atoms with Crippen LogP contribution in [-0.4, -0.2) is 95.7 Å². The molecule has 1 saturated carbocycles. The van der Waals surface area contributed by atoms with Crippen molar-refractivity contribution >= 4 is 41.2 Å². The molecule has 1 amide bonds. The summed E-state index contributed by atoms with van der Waals surface area (Å²) >= 11 is 1.23. The minimum absolute atomic E-state index is 0.00241. The van der Waals surface area contributed by atoms with Crippen LogP contribution in [0.4, 0.5) is 5.95 Å². The van der Waals surface area contributed by atoms with Gasteiger partial charge in [0.2, 0.25) is 11.9 Å². The number of aromatic amines is 1. The summed E-state index contributed by atoms with van der Waals surface area (Å²) in [6.07, 6.45) is -0.778. The fourth-order valence-corrected chi connectivity index (χ4v) is 14.3. The van der Waals surface area contributed by atoms with Crippen LogP contribution in [0.25, 0.3) is 11.2 Å². The van der Waals surface area contributed by atoms with E-state index in [2.05, 4.69) is 33.8 Å². The highest BCUT2D eigenvalue weighted by Crippen LogP contribution is 2.76. The first kappa shape index (κ1) is 47.6. The van der Waals surface area contributed by atoms with E-state index in [4.69, 9.17) is 37.5 Å². The third-order valence-corrected chi connectivity index (χ3v) is 17.2. The van der Waals surface area contributed by atoms with Gasteiger partial charge in [-0.25, -0.2) is 9.55 Å². The van der Waals surface area contributed by atoms with Gasteiger partial charge in [0.1, 0.15) is 35.4 Å². The van der Waals surface area contributed by atoms with Crippen molar-refractivity contribution in [3.05, 3.63) is 124 Å². The Morgan fingerprint density at radius 2 is 1.65 bits per heavy atom. The Balaban J connectivity index is 1.25. The molecule has 2 aliphatic heterocycles. The summed E-state index contributed by atoms with van der Waals surface area (Å²) < 4.78 is 67.3. The number of carbonyl (C=O) groups excluding carboxylic acids is 1. The van der Waals surface area contributed by atoms with E-state index in [-0.39, 0.29) is 60.8 Å². The van der Waals surface area contributed by atoms with Gasteiger partial charge in [-0.1, -0.05) is 80.6 Å². The second-order valence-electron chi connectivity index (χ2n) is 17.4. The van der Waals surface area contributed by atoms with Crippen molar-refractivity contribution in [3.8, 4) is 11.5 Å². The number of H-pyrrole nitrogens is 1. The van der Waals surface area contributed by atoms with Gasteiger partial charge in [-0.15, -0.1) is 0 Å². The fraction of sp³-hybridized carbons (Fsp3) is 0.458. The van der Waals surface area contributed by atoms with Crippen molar-refractivity contribution in [2.45, 2.75) is 87.9 Å². The molecule has 2 saturated heterocycles. The SMILES string of the molecule is C=C(C)[C@H]1CC[C@@]2(C)S[P@@](=O)(O[C@H]3[C@@H](OCCOC)[C@H](n4cnc5c(=O)[nH]c(NC(=O)C(C)C)nc54)O[C@@H]3COC(c3ccccc3)(c3ccc(OC)cc3)c3ccc(OC)cc3)O[C@@H]2C1. The van der Waals surface area contributed by atoms with Crippen LogP contribution >= 0.6 is 18.2 Å². The summed E-state index contributed by atoms with van der Waals surface area (Å²) in [6.45, 7) is 7.99. The average molecular weight is 944 g/mol. The number of aromatic nitrogens is 4. The molecule has 16 nitrogen and oxygen atoms in total. The lowest BCUT2D eigenvalue weighted by Crippen LogP contribution is -2.41. The summed E-state index contributed by atoms with van der Waals surface area (Å²) in [4.78, 5) is 37.9. The molecule has 66 heavy (non-hydrogen) atoms. The number of rotatable bonds is 18. The van der Waals surface area contributed by atoms with Crippen molar-refractivity contribution in [3.63, 3.8) is 0 Å². The predicted molar refractivity (Wildman–Crippen MR) is 251 cm³/mol. The Bertz CT molecular complexity index is 2560. The normalized spacial score (nSPS) is 26.4. The van der Waals surface area contributed by atoms with E-state index in [1.54, 1.807) is 39.7 Å². The van der Waals surface area contributed by atoms with Gasteiger partial charge in [0.25, 0.3) is 5.56 Å². The van der Waals surface area contributed by atoms with E-state index in [1.165, 1.54) is 17.7 Å². The number of hydrogen-bond donors (Lipinski definition) is 2. The zero-order chi connectivity index (χ0) is 46.8. The third-order valence-electron chi connectivity index (χ3n) is 12.7. The quantitative estimate of drug-likeness (QED) is 0.0369. The van der Waals surface area contributed by atoms with Crippen LogP contribution in [-0.2, 0) is 43.0 Å². The third kappa shape index (κ3) is 9.50. The monoisotopic (exact) mass is 943 g/mol. The lowest BCUT2D eigenvalue weighted by atomic mass is 9.77. The fourth-order valence-electron chi connectivity index (χ4n) is 8.93. The smallest absolute Gasteiger partial charge is 0.390 e. The lowest BCUT2D eigenvalue weighted by Gasteiger charge is -2.37. The molecule has 5 aromatic rings. The molecule has 8 atom stereocenters. The van der Waals surface area contributed by atoms with Gasteiger partial charge in [0, 0.05) is 13.0 Å². The van der Waals surface area contributed by atoms with Gasteiger partial charge in [-0.05, 0) is 91.4 Å². The number of ether oxygens (including phenoxy) is 6. The number of benzene rings is 3. The molecule has 3 aliphatic rings. The van der Waals surface area contributed by atoms with E-state index < -0.39 is 47.2 Å². The Labute approximate surface area is 388 Å². The Kier molecular flexibility index (Phi) is 14.3. The molecule has 0 radical (unpaired) electrons. The first-order valence-electron chi connectivity index (χ1n) is 22.1. The molecule has 0 spiro atoms. The molecule has 1 aliphatic carbocycles. The van der Waals surface area contributed by atoms with Gasteiger partial charge >= 0.3 is 6.80 Å². The van der Waals surface area contributed by atoms with Crippen LogP contribution in [0, 0.1) is 11.8 Å². The number of nitrogens with zero attached hydrogens (tertiary/aromatic N) is 3. The molecule has 4 heterocycles. The van der Waals surface area contributed by atoms with Crippen LogP contribution in [0.5, 0.6) is 11.5 Å². The molecule has 2 N–H and O–H groups in total. The molecule has 3 fully saturated rings. The maximum Gasteiger partial charge on any atom is 0.390 e. The van der Waals surface area contributed by atoms with Crippen LogP contribution in [0.15, 0.2) is 102 Å². The second kappa shape index (κ2) is 19.8. The standard InChI is InChI=1S/C48H58N5O11PS/c1-29(2)31-22-23-47(5)38(26-31)63-65(56,66-47)64-40-37(62-45(41(40)60-25-24-57-6)53-28-49-39-42(53)50-46(52-44(39)55)51-43(54)30(3)4)27-61-48(32-12-10-9-11-13-32,33-14-18-35(58-7)19-15-33)34-16-20-36(59-8)21-17-34/h9-21,28,30-31,37-38,40-41,45H,1,22-27H2,2-8H3,(H2,50,51,52,54,55)/t31-,37+,38+,40+,41+,45+,47+,65+/m0/s1. The number of carbonyl (C=O) groups is 1. The van der Waals surface area contributed by atoms with Crippen molar-refractivity contribution in [2.75, 3.05) is 46.5 Å². The number of anilines is 1. The number of hydrogen-bond acceptors (Lipinski definition) is 14. The first-order chi connectivity index (χ1) is 31.7. The summed E-state index contributed by atoms with van der Waals surface area (Å²) in [5, 5.41) is 2.68. The predicted octanol–water partition coefficient (Wildman–Crippen LogP) is 8.43. The Hall–Kier alpha value is -4.84. The molecule has 18 heteroatoms. The van der Waals surface area contributed by atoms with Crippen LogP contribution in [0.2, 0.25) is 0 Å². The number of imidazole rings is 1. The average Bonchev–Trinajstić information content (AvgIpc) is 3.97. The highest BCUT2D eigenvalue weighted by atomic mass is 32.7. The van der Waals surface area contributed by atoms with E-state index in [1.807, 2.05) is 85.8 Å². The van der Waals surface area contributed by atoms with Crippen LogP contribution < -0.4 is 20.3 Å². The molecular weight excluding hydrogens is 886 g/mol. The summed E-state index contributed by atoms with van der Waals surface area (Å²) in [5.41, 5.74) is 1.72. The van der Waals surface area contributed by atoms with Crippen molar-refractivity contribution in [1.29, 1.82) is 0 Å². The Morgan fingerprint density at radius 3 is 2.26 bits per heavy atom. The van der Waals surface area contributed by atoms with Crippen molar-refractivity contribution < 1.29 is 46.8 Å². The number of nitrogens with one attached hydrogen (secondary N) is 2. The lowest BCUT2D eigenvalue weighted by molar-refractivity contribution is -0.118.